The number of hydrogen-bond donors (Lipinski definition) is 1. The van der Waals surface area contributed by atoms with Gasteiger partial charge in [-0.2, -0.15) is 13.2 Å². The summed E-state index contributed by atoms with van der Waals surface area (Å²) < 4.78 is 37.2. The molecule has 7 heteroatoms. The molecule has 0 radical (unpaired) electrons. The van der Waals surface area contributed by atoms with Crippen LogP contribution >= 0.6 is 23.2 Å². The van der Waals surface area contributed by atoms with Crippen LogP contribution in [0.3, 0.4) is 0 Å². The van der Waals surface area contributed by atoms with Crippen LogP contribution in [-0.2, 0) is 11.0 Å². The summed E-state index contributed by atoms with van der Waals surface area (Å²) in [6, 6.07) is 4.10. The summed E-state index contributed by atoms with van der Waals surface area (Å²) in [5.74, 6) is -0.511. The zero-order chi connectivity index (χ0) is 16.0. The second-order valence-electron chi connectivity index (χ2n) is 4.32. The molecule has 0 bridgehead atoms. The third kappa shape index (κ3) is 5.25. The number of amides is 1. The average Bonchev–Trinajstić information content (AvgIpc) is 2.38. The van der Waals surface area contributed by atoms with Crippen LogP contribution in [0.15, 0.2) is 28.8 Å². The minimum atomic E-state index is -4.43. The summed E-state index contributed by atoms with van der Waals surface area (Å²) in [4.78, 5) is 12.0. The number of rotatable bonds is 5. The quantitative estimate of drug-likeness (QED) is 0.607. The summed E-state index contributed by atoms with van der Waals surface area (Å²) >= 11 is 11.4. The van der Waals surface area contributed by atoms with Gasteiger partial charge in [0.25, 0.3) is 5.91 Å². The van der Waals surface area contributed by atoms with Crippen LogP contribution in [0.4, 0.5) is 13.2 Å². The molecule has 0 unspecified atom stereocenters. The zero-order valence-electron chi connectivity index (χ0n) is 11.2. The zero-order valence-corrected chi connectivity index (χ0v) is 12.7. The standard InChI is InChI=1S/C14H14Cl2F3NO/c1-2-3-8-20-13(21)11(12(15)16)9-4-6-10(7-5-9)14(17,18)19/h4-7H,2-3,8H2,1H3,(H,20,21). The van der Waals surface area contributed by atoms with E-state index in [-0.39, 0.29) is 15.6 Å². The molecule has 1 N–H and O–H groups in total. The van der Waals surface area contributed by atoms with E-state index in [1.54, 1.807) is 0 Å². The lowest BCUT2D eigenvalue weighted by atomic mass is 10.0. The summed E-state index contributed by atoms with van der Waals surface area (Å²) in [5.41, 5.74) is -0.608. The molecule has 1 aromatic carbocycles. The van der Waals surface area contributed by atoms with Gasteiger partial charge >= 0.3 is 6.18 Å². The Labute approximate surface area is 130 Å². The normalized spacial score (nSPS) is 11.1. The van der Waals surface area contributed by atoms with Gasteiger partial charge in [-0.25, -0.2) is 0 Å². The van der Waals surface area contributed by atoms with E-state index in [1.807, 2.05) is 6.92 Å². The molecule has 0 saturated carbocycles. The lowest BCUT2D eigenvalue weighted by Gasteiger charge is -2.11. The van der Waals surface area contributed by atoms with Crippen molar-refractivity contribution in [1.82, 2.24) is 5.32 Å². The van der Waals surface area contributed by atoms with E-state index in [0.717, 1.165) is 25.0 Å². The Bertz CT molecular complexity index is 520. The highest BCUT2D eigenvalue weighted by Crippen LogP contribution is 2.31. The predicted molar refractivity (Wildman–Crippen MR) is 78.0 cm³/mol. The van der Waals surface area contributed by atoms with Crippen LogP contribution in [0.25, 0.3) is 5.57 Å². The van der Waals surface area contributed by atoms with E-state index in [0.29, 0.717) is 6.54 Å². The number of halogens is 5. The van der Waals surface area contributed by atoms with Crippen molar-refractivity contribution in [3.63, 3.8) is 0 Å². The Balaban J connectivity index is 2.98. The monoisotopic (exact) mass is 339 g/mol. The van der Waals surface area contributed by atoms with Gasteiger partial charge in [0.2, 0.25) is 0 Å². The molecule has 0 atom stereocenters. The van der Waals surface area contributed by atoms with Crippen molar-refractivity contribution in [2.75, 3.05) is 6.54 Å². The van der Waals surface area contributed by atoms with Crippen molar-refractivity contribution >= 4 is 34.7 Å². The van der Waals surface area contributed by atoms with Gasteiger partial charge in [0.05, 0.1) is 11.1 Å². The minimum Gasteiger partial charge on any atom is -0.352 e. The molecule has 21 heavy (non-hydrogen) atoms. The van der Waals surface area contributed by atoms with E-state index < -0.39 is 17.6 Å². The number of nitrogens with one attached hydrogen (secondary N) is 1. The molecule has 2 nitrogen and oxygen atoms in total. The molecule has 0 spiro atoms. The Hall–Kier alpha value is -1.20. The van der Waals surface area contributed by atoms with Gasteiger partial charge in [-0.15, -0.1) is 0 Å². The molecule has 1 rings (SSSR count). The van der Waals surface area contributed by atoms with Crippen LogP contribution in [-0.4, -0.2) is 12.5 Å². The van der Waals surface area contributed by atoms with Crippen LogP contribution in [0, 0.1) is 0 Å². The van der Waals surface area contributed by atoms with Crippen LogP contribution < -0.4 is 5.32 Å². The van der Waals surface area contributed by atoms with Gasteiger partial charge in [0.15, 0.2) is 0 Å². The maximum absolute atomic E-state index is 12.5. The molecule has 1 amide bonds. The number of benzene rings is 1. The Morgan fingerprint density at radius 3 is 2.19 bits per heavy atom. The van der Waals surface area contributed by atoms with Crippen molar-refractivity contribution in [3.8, 4) is 0 Å². The molecule has 0 aliphatic rings. The van der Waals surface area contributed by atoms with E-state index in [1.165, 1.54) is 12.1 Å². The van der Waals surface area contributed by atoms with Gasteiger partial charge < -0.3 is 5.32 Å². The largest absolute Gasteiger partial charge is 0.416 e. The van der Waals surface area contributed by atoms with Gasteiger partial charge in [0.1, 0.15) is 4.49 Å². The second kappa shape index (κ2) is 7.71. The third-order valence-corrected chi connectivity index (χ3v) is 3.11. The van der Waals surface area contributed by atoms with E-state index in [2.05, 4.69) is 5.32 Å². The second-order valence-corrected chi connectivity index (χ2v) is 5.27. The highest BCUT2D eigenvalue weighted by molar-refractivity contribution is 6.61. The van der Waals surface area contributed by atoms with Crippen molar-refractivity contribution < 1.29 is 18.0 Å². The fraction of sp³-hybridized carbons (Fsp3) is 0.357. The maximum atomic E-state index is 12.5. The molecule has 0 aliphatic carbocycles. The van der Waals surface area contributed by atoms with Crippen LogP contribution in [0.1, 0.15) is 30.9 Å². The number of carbonyl (C=O) groups is 1. The molecule has 0 heterocycles. The highest BCUT2D eigenvalue weighted by atomic mass is 35.5. The van der Waals surface area contributed by atoms with Crippen molar-refractivity contribution in [1.29, 1.82) is 0 Å². The van der Waals surface area contributed by atoms with Crippen molar-refractivity contribution in [2.24, 2.45) is 0 Å². The predicted octanol–water partition coefficient (Wildman–Crippen LogP) is 4.77. The van der Waals surface area contributed by atoms with Gasteiger partial charge in [-0.05, 0) is 24.1 Å². The number of hydrogen-bond acceptors (Lipinski definition) is 1. The average molecular weight is 340 g/mol. The first-order valence-corrected chi connectivity index (χ1v) is 7.04. The molecule has 0 saturated heterocycles. The SMILES string of the molecule is CCCCNC(=O)C(=C(Cl)Cl)c1ccc(C(F)(F)F)cc1. The van der Waals surface area contributed by atoms with Crippen LogP contribution in [0.2, 0.25) is 0 Å². The van der Waals surface area contributed by atoms with E-state index >= 15 is 0 Å². The summed E-state index contributed by atoms with van der Waals surface area (Å²) in [6.07, 6.45) is -2.75. The lowest BCUT2D eigenvalue weighted by molar-refractivity contribution is -0.137. The number of alkyl halides is 3. The summed E-state index contributed by atoms with van der Waals surface area (Å²) in [7, 11) is 0. The Morgan fingerprint density at radius 2 is 1.76 bits per heavy atom. The number of unbranched alkanes of at least 4 members (excludes halogenated alkanes) is 1. The molecule has 116 valence electrons. The van der Waals surface area contributed by atoms with Gasteiger partial charge in [-0.3, -0.25) is 4.79 Å². The van der Waals surface area contributed by atoms with E-state index in [9.17, 15) is 18.0 Å². The highest BCUT2D eigenvalue weighted by Gasteiger charge is 2.30. The van der Waals surface area contributed by atoms with Gasteiger partial charge in [0, 0.05) is 6.54 Å². The summed E-state index contributed by atoms with van der Waals surface area (Å²) in [6.45, 7) is 2.41. The molecular weight excluding hydrogens is 326 g/mol. The van der Waals surface area contributed by atoms with E-state index in [4.69, 9.17) is 23.2 Å². The maximum Gasteiger partial charge on any atom is 0.416 e. The molecule has 0 aromatic heterocycles. The fourth-order valence-electron chi connectivity index (χ4n) is 1.62. The first kappa shape index (κ1) is 17.9. The smallest absolute Gasteiger partial charge is 0.352 e. The Morgan fingerprint density at radius 1 is 1.19 bits per heavy atom. The minimum absolute atomic E-state index is 0.0387. The molecule has 0 fully saturated rings. The molecule has 0 aliphatic heterocycles. The molecular formula is C14H14Cl2F3NO. The molecule has 1 aromatic rings. The lowest BCUT2D eigenvalue weighted by Crippen LogP contribution is -2.25. The fourth-order valence-corrected chi connectivity index (χ4v) is 2.01. The number of carbonyl (C=O) groups excluding carboxylic acids is 1. The third-order valence-electron chi connectivity index (χ3n) is 2.73. The van der Waals surface area contributed by atoms with Crippen LogP contribution in [0.5, 0.6) is 0 Å². The van der Waals surface area contributed by atoms with Crippen molar-refractivity contribution in [3.05, 3.63) is 39.9 Å². The first-order chi connectivity index (χ1) is 9.77. The first-order valence-electron chi connectivity index (χ1n) is 6.28. The summed E-state index contributed by atoms with van der Waals surface area (Å²) in [5, 5.41) is 2.62. The topological polar surface area (TPSA) is 29.1 Å². The van der Waals surface area contributed by atoms with Crippen molar-refractivity contribution in [2.45, 2.75) is 25.9 Å². The van der Waals surface area contributed by atoms with Gasteiger partial charge in [-0.1, -0.05) is 48.7 Å². The Kier molecular flexibility index (Phi) is 6.55.